The molecule has 0 saturated heterocycles. The molecule has 9 aromatic carbocycles. The molecule has 50 heavy (non-hydrogen) atoms. The second-order valence-electron chi connectivity index (χ2n) is 13.2. The number of rotatable bonds is 4. The SMILES string of the molecule is c1ccc(-n2c(-c3ccc4ccc5c(-c6cccc(-n7c8ccccc8c8ccccc87)c6)ccc6ccc3c4c65)nc3ccccc32)cc1. The molecule has 2 aromatic heterocycles. The van der Waals surface area contributed by atoms with Crippen molar-refractivity contribution in [3.8, 4) is 33.9 Å². The maximum atomic E-state index is 5.24. The van der Waals surface area contributed by atoms with Gasteiger partial charge in [-0.1, -0.05) is 121 Å². The number of benzene rings is 9. The fourth-order valence-corrected chi connectivity index (χ4v) is 8.31. The molecule has 0 aliphatic rings. The standard InChI is InChI=1S/C47H29N3/c1-2-12-33(13-3-1)50-44-20-9-6-17-41(44)48-47(50)40-28-24-31-22-26-38-35(25-21-30-23-27-39(40)46(31)45(30)38)32-11-10-14-34(29-32)49-42-18-7-4-15-36(42)37-16-5-8-19-43(37)49/h1-29H. The van der Waals surface area contributed by atoms with Crippen LogP contribution < -0.4 is 0 Å². The number of para-hydroxylation sites is 5. The minimum Gasteiger partial charge on any atom is -0.309 e. The van der Waals surface area contributed by atoms with E-state index < -0.39 is 0 Å². The molecular weight excluding hydrogens is 607 g/mol. The van der Waals surface area contributed by atoms with Crippen molar-refractivity contribution in [2.75, 3.05) is 0 Å². The molecule has 11 rings (SSSR count). The van der Waals surface area contributed by atoms with E-state index in [4.69, 9.17) is 4.98 Å². The van der Waals surface area contributed by atoms with E-state index in [-0.39, 0.29) is 0 Å². The predicted molar refractivity (Wildman–Crippen MR) is 210 cm³/mol. The van der Waals surface area contributed by atoms with Gasteiger partial charge in [0.05, 0.1) is 22.1 Å². The average Bonchev–Trinajstić information content (AvgIpc) is 3.73. The highest BCUT2D eigenvalue weighted by Crippen LogP contribution is 2.43. The van der Waals surface area contributed by atoms with Gasteiger partial charge in [-0.3, -0.25) is 4.57 Å². The summed E-state index contributed by atoms with van der Waals surface area (Å²) in [5.41, 5.74) is 10.4. The number of fused-ring (bicyclic) bond motifs is 4. The number of hydrogen-bond acceptors (Lipinski definition) is 1. The summed E-state index contributed by atoms with van der Waals surface area (Å²) < 4.78 is 4.70. The largest absolute Gasteiger partial charge is 0.309 e. The van der Waals surface area contributed by atoms with Gasteiger partial charge in [-0.15, -0.1) is 0 Å². The lowest BCUT2D eigenvalue weighted by Gasteiger charge is -2.17. The second-order valence-corrected chi connectivity index (χ2v) is 13.2. The highest BCUT2D eigenvalue weighted by atomic mass is 15.1. The molecule has 0 radical (unpaired) electrons. The van der Waals surface area contributed by atoms with Crippen molar-refractivity contribution in [2.24, 2.45) is 0 Å². The highest BCUT2D eigenvalue weighted by molar-refractivity contribution is 6.27. The van der Waals surface area contributed by atoms with E-state index in [1.54, 1.807) is 0 Å². The first-order valence-electron chi connectivity index (χ1n) is 17.1. The fourth-order valence-electron chi connectivity index (χ4n) is 8.31. The van der Waals surface area contributed by atoms with E-state index in [0.717, 1.165) is 33.8 Å². The molecule has 0 saturated carbocycles. The van der Waals surface area contributed by atoms with Crippen molar-refractivity contribution in [1.29, 1.82) is 0 Å². The van der Waals surface area contributed by atoms with E-state index >= 15 is 0 Å². The van der Waals surface area contributed by atoms with Gasteiger partial charge in [0.2, 0.25) is 0 Å². The minimum absolute atomic E-state index is 0.953. The molecule has 0 spiro atoms. The molecule has 11 aromatic rings. The lowest BCUT2D eigenvalue weighted by atomic mass is 9.88. The third kappa shape index (κ3) is 3.83. The number of imidazole rings is 1. The van der Waals surface area contributed by atoms with E-state index in [1.807, 2.05) is 0 Å². The molecule has 0 unspecified atom stereocenters. The zero-order chi connectivity index (χ0) is 32.8. The summed E-state index contributed by atoms with van der Waals surface area (Å²) in [5, 5.41) is 10.1. The van der Waals surface area contributed by atoms with Crippen LogP contribution in [0, 0.1) is 0 Å². The molecule has 2 heterocycles. The fraction of sp³-hybridized carbons (Fsp3) is 0. The van der Waals surface area contributed by atoms with Gasteiger partial charge in [0.25, 0.3) is 0 Å². The molecule has 0 aliphatic heterocycles. The monoisotopic (exact) mass is 635 g/mol. The Morgan fingerprint density at radius 1 is 0.360 bits per heavy atom. The van der Waals surface area contributed by atoms with Gasteiger partial charge in [0, 0.05) is 27.7 Å². The van der Waals surface area contributed by atoms with E-state index in [0.29, 0.717) is 0 Å². The van der Waals surface area contributed by atoms with Crippen molar-refractivity contribution in [3.63, 3.8) is 0 Å². The maximum absolute atomic E-state index is 5.24. The Hall–Kier alpha value is -6.71. The Balaban J connectivity index is 1.15. The summed E-state index contributed by atoms with van der Waals surface area (Å²) in [7, 11) is 0. The molecule has 0 fully saturated rings. The Bertz CT molecular complexity index is 3040. The van der Waals surface area contributed by atoms with Gasteiger partial charge in [0.1, 0.15) is 5.82 Å². The topological polar surface area (TPSA) is 22.8 Å². The van der Waals surface area contributed by atoms with Crippen LogP contribution in [0.25, 0.3) is 99.0 Å². The Morgan fingerprint density at radius 3 is 1.64 bits per heavy atom. The van der Waals surface area contributed by atoms with Crippen LogP contribution in [0.4, 0.5) is 0 Å². The molecule has 232 valence electrons. The lowest BCUT2D eigenvalue weighted by Crippen LogP contribution is -1.98. The summed E-state index contributed by atoms with van der Waals surface area (Å²) in [4.78, 5) is 5.24. The van der Waals surface area contributed by atoms with Gasteiger partial charge in [0.15, 0.2) is 0 Å². The molecule has 0 aliphatic carbocycles. The van der Waals surface area contributed by atoms with Crippen LogP contribution in [0.2, 0.25) is 0 Å². The first kappa shape index (κ1) is 27.3. The third-order valence-corrected chi connectivity index (χ3v) is 10.5. The highest BCUT2D eigenvalue weighted by Gasteiger charge is 2.20. The van der Waals surface area contributed by atoms with Crippen molar-refractivity contribution < 1.29 is 0 Å². The number of nitrogens with zero attached hydrogens (tertiary/aromatic N) is 3. The summed E-state index contributed by atoms with van der Waals surface area (Å²) >= 11 is 0. The minimum atomic E-state index is 0.953. The zero-order valence-electron chi connectivity index (χ0n) is 27.1. The summed E-state index contributed by atoms with van der Waals surface area (Å²) in [5.74, 6) is 0.953. The Kier molecular flexibility index (Phi) is 5.67. The van der Waals surface area contributed by atoms with Crippen LogP contribution >= 0.6 is 0 Å². The first-order valence-corrected chi connectivity index (χ1v) is 17.1. The normalized spacial score (nSPS) is 12.0. The molecule has 0 amide bonds. The Morgan fingerprint density at radius 2 is 0.920 bits per heavy atom. The summed E-state index contributed by atoms with van der Waals surface area (Å²) in [6, 6.07) is 63.7. The molecular formula is C47H29N3. The molecule has 0 atom stereocenters. The maximum Gasteiger partial charge on any atom is 0.146 e. The molecule has 3 heteroatoms. The van der Waals surface area contributed by atoms with Gasteiger partial charge in [-0.2, -0.15) is 0 Å². The quantitative estimate of drug-likeness (QED) is 0.176. The predicted octanol–water partition coefficient (Wildman–Crippen LogP) is 12.4. The smallest absolute Gasteiger partial charge is 0.146 e. The van der Waals surface area contributed by atoms with Crippen LogP contribution in [0.1, 0.15) is 0 Å². The van der Waals surface area contributed by atoms with Crippen LogP contribution in [0.5, 0.6) is 0 Å². The zero-order valence-corrected chi connectivity index (χ0v) is 27.1. The summed E-state index contributed by atoms with van der Waals surface area (Å²) in [6.45, 7) is 0. The van der Waals surface area contributed by atoms with Gasteiger partial charge in [-0.25, -0.2) is 4.98 Å². The second kappa shape index (κ2) is 10.4. The van der Waals surface area contributed by atoms with Gasteiger partial charge in [-0.05, 0) is 98.0 Å². The van der Waals surface area contributed by atoms with Crippen LogP contribution in [-0.4, -0.2) is 14.1 Å². The number of aromatic nitrogens is 3. The summed E-state index contributed by atoms with van der Waals surface area (Å²) in [6.07, 6.45) is 0. The van der Waals surface area contributed by atoms with Crippen molar-refractivity contribution in [1.82, 2.24) is 14.1 Å². The van der Waals surface area contributed by atoms with Crippen molar-refractivity contribution >= 4 is 65.2 Å². The van der Waals surface area contributed by atoms with Crippen LogP contribution in [0.15, 0.2) is 176 Å². The first-order chi connectivity index (χ1) is 24.8. The van der Waals surface area contributed by atoms with Gasteiger partial charge >= 0.3 is 0 Å². The van der Waals surface area contributed by atoms with Crippen molar-refractivity contribution in [3.05, 3.63) is 176 Å². The Labute approximate surface area is 288 Å². The van der Waals surface area contributed by atoms with E-state index in [1.165, 1.54) is 65.3 Å². The molecule has 0 N–H and O–H groups in total. The van der Waals surface area contributed by atoms with Crippen LogP contribution in [-0.2, 0) is 0 Å². The van der Waals surface area contributed by atoms with Crippen molar-refractivity contribution in [2.45, 2.75) is 0 Å². The van der Waals surface area contributed by atoms with E-state index in [2.05, 4.69) is 185 Å². The van der Waals surface area contributed by atoms with Gasteiger partial charge < -0.3 is 4.57 Å². The lowest BCUT2D eigenvalue weighted by molar-refractivity contribution is 1.11. The molecule has 3 nitrogen and oxygen atoms in total. The van der Waals surface area contributed by atoms with Crippen LogP contribution in [0.3, 0.4) is 0 Å². The molecule has 0 bridgehead atoms. The number of hydrogen-bond donors (Lipinski definition) is 0. The van der Waals surface area contributed by atoms with E-state index in [9.17, 15) is 0 Å². The third-order valence-electron chi connectivity index (χ3n) is 10.5. The average molecular weight is 636 g/mol.